The van der Waals surface area contributed by atoms with Gasteiger partial charge in [-0.05, 0) is 53.8 Å². The van der Waals surface area contributed by atoms with Gasteiger partial charge < -0.3 is 9.15 Å². The molecule has 0 aliphatic carbocycles. The first-order valence-electron chi connectivity index (χ1n) is 6.72. The molecule has 0 bridgehead atoms. The summed E-state index contributed by atoms with van der Waals surface area (Å²) in [7, 11) is 0. The topological polar surface area (TPSA) is 60.4 Å². The Hall–Kier alpha value is -1.49. The molecule has 20 heavy (non-hydrogen) atoms. The molecule has 1 aliphatic rings. The molecule has 1 atom stereocenters. The Balaban J connectivity index is 1.66. The van der Waals surface area contributed by atoms with E-state index in [-0.39, 0.29) is 6.04 Å². The first-order chi connectivity index (χ1) is 9.76. The van der Waals surface area contributed by atoms with Crippen molar-refractivity contribution in [2.45, 2.75) is 25.3 Å². The molecule has 1 aliphatic heterocycles. The Morgan fingerprint density at radius 2 is 2.20 bits per heavy atom. The van der Waals surface area contributed by atoms with Crippen LogP contribution in [0.1, 0.15) is 29.3 Å². The summed E-state index contributed by atoms with van der Waals surface area (Å²) in [5.41, 5.74) is 5.35. The Kier molecular flexibility index (Phi) is 3.96. The summed E-state index contributed by atoms with van der Waals surface area (Å²) in [5, 5.41) is 0.384. The second kappa shape index (κ2) is 5.87. The van der Waals surface area contributed by atoms with Gasteiger partial charge >= 0.3 is 0 Å². The van der Waals surface area contributed by atoms with Gasteiger partial charge in [0.2, 0.25) is 0 Å². The van der Waals surface area contributed by atoms with E-state index in [2.05, 4.69) is 17.6 Å². The Morgan fingerprint density at radius 1 is 1.30 bits per heavy atom. The van der Waals surface area contributed by atoms with Crippen molar-refractivity contribution in [2.24, 2.45) is 5.84 Å². The number of furan rings is 1. The van der Waals surface area contributed by atoms with Crippen molar-refractivity contribution in [3.63, 3.8) is 0 Å². The van der Waals surface area contributed by atoms with E-state index in [4.69, 9.17) is 26.6 Å². The van der Waals surface area contributed by atoms with E-state index in [0.717, 1.165) is 37.4 Å². The van der Waals surface area contributed by atoms with E-state index in [0.29, 0.717) is 5.22 Å². The number of aryl methyl sites for hydroxylation is 1. The maximum absolute atomic E-state index is 5.79. The second-order valence-electron chi connectivity index (χ2n) is 4.94. The minimum atomic E-state index is -0.0352. The minimum absolute atomic E-state index is 0.0352. The van der Waals surface area contributed by atoms with Crippen molar-refractivity contribution in [2.75, 3.05) is 6.61 Å². The standard InChI is InChI=1S/C15H17ClN2O2/c16-15-6-5-14(20-15)12(18-17)3-1-10-2-4-13-11(9-10)7-8-19-13/h2,4-6,9,12,18H,1,3,7-8,17H2. The maximum atomic E-state index is 5.79. The summed E-state index contributed by atoms with van der Waals surface area (Å²) >= 11 is 5.79. The molecule has 1 aromatic carbocycles. The molecule has 3 N–H and O–H groups in total. The minimum Gasteiger partial charge on any atom is -0.493 e. The fraction of sp³-hybridized carbons (Fsp3) is 0.333. The lowest BCUT2D eigenvalue weighted by Crippen LogP contribution is -2.28. The second-order valence-corrected chi connectivity index (χ2v) is 5.31. The molecule has 1 aromatic heterocycles. The number of fused-ring (bicyclic) bond motifs is 1. The number of ether oxygens (including phenoxy) is 1. The molecule has 0 fully saturated rings. The van der Waals surface area contributed by atoms with Crippen molar-refractivity contribution in [3.05, 3.63) is 52.4 Å². The van der Waals surface area contributed by atoms with Crippen molar-refractivity contribution in [3.8, 4) is 5.75 Å². The zero-order valence-electron chi connectivity index (χ0n) is 11.1. The molecule has 2 aromatic rings. The molecule has 106 valence electrons. The molecular formula is C15H17ClN2O2. The van der Waals surface area contributed by atoms with Crippen LogP contribution in [0.25, 0.3) is 0 Å². The molecular weight excluding hydrogens is 276 g/mol. The number of rotatable bonds is 5. The van der Waals surface area contributed by atoms with Crippen molar-refractivity contribution in [1.29, 1.82) is 0 Å². The van der Waals surface area contributed by atoms with Crippen LogP contribution in [0.3, 0.4) is 0 Å². The van der Waals surface area contributed by atoms with E-state index in [1.807, 2.05) is 12.1 Å². The molecule has 0 saturated carbocycles. The third-order valence-corrected chi connectivity index (χ3v) is 3.82. The van der Waals surface area contributed by atoms with Crippen LogP contribution in [0.2, 0.25) is 5.22 Å². The Bertz CT molecular complexity index is 597. The first kappa shape index (κ1) is 13.5. The summed E-state index contributed by atoms with van der Waals surface area (Å²) in [4.78, 5) is 0. The zero-order valence-corrected chi connectivity index (χ0v) is 11.8. The number of nitrogens with two attached hydrogens (primary N) is 1. The highest BCUT2D eigenvalue weighted by Crippen LogP contribution is 2.28. The average molecular weight is 293 g/mol. The van der Waals surface area contributed by atoms with Gasteiger partial charge in [0.1, 0.15) is 11.5 Å². The highest BCUT2D eigenvalue weighted by Gasteiger charge is 2.16. The lowest BCUT2D eigenvalue weighted by atomic mass is 10.0. The number of hydrogen-bond acceptors (Lipinski definition) is 4. The van der Waals surface area contributed by atoms with Crippen LogP contribution in [0.4, 0.5) is 0 Å². The van der Waals surface area contributed by atoms with Gasteiger partial charge in [-0.3, -0.25) is 5.84 Å². The first-order valence-corrected chi connectivity index (χ1v) is 7.10. The van der Waals surface area contributed by atoms with Crippen molar-refractivity contribution in [1.82, 2.24) is 5.43 Å². The van der Waals surface area contributed by atoms with E-state index in [9.17, 15) is 0 Å². The fourth-order valence-electron chi connectivity index (χ4n) is 2.53. The Morgan fingerprint density at radius 3 is 2.95 bits per heavy atom. The highest BCUT2D eigenvalue weighted by molar-refractivity contribution is 6.28. The summed E-state index contributed by atoms with van der Waals surface area (Å²) in [6.07, 6.45) is 2.76. The van der Waals surface area contributed by atoms with Gasteiger partial charge in [-0.15, -0.1) is 0 Å². The molecule has 3 rings (SSSR count). The van der Waals surface area contributed by atoms with Gasteiger partial charge in [0.15, 0.2) is 5.22 Å². The van der Waals surface area contributed by atoms with E-state index in [1.54, 1.807) is 6.07 Å². The normalized spacial score (nSPS) is 14.9. The monoisotopic (exact) mass is 292 g/mol. The lowest BCUT2D eigenvalue weighted by Gasteiger charge is -2.13. The van der Waals surface area contributed by atoms with Crippen LogP contribution in [0.5, 0.6) is 5.75 Å². The number of nitrogens with one attached hydrogen (secondary N) is 1. The number of hydrazine groups is 1. The van der Waals surface area contributed by atoms with Crippen LogP contribution < -0.4 is 16.0 Å². The van der Waals surface area contributed by atoms with Gasteiger partial charge in [0, 0.05) is 6.42 Å². The van der Waals surface area contributed by atoms with Crippen LogP contribution in [-0.2, 0) is 12.8 Å². The largest absolute Gasteiger partial charge is 0.493 e. The van der Waals surface area contributed by atoms with Gasteiger partial charge in [0.05, 0.1) is 12.6 Å². The molecule has 0 spiro atoms. The predicted octanol–water partition coefficient (Wildman–Crippen LogP) is 3.01. The quantitative estimate of drug-likeness (QED) is 0.657. The molecule has 2 heterocycles. The van der Waals surface area contributed by atoms with Gasteiger partial charge in [0.25, 0.3) is 0 Å². The number of benzene rings is 1. The van der Waals surface area contributed by atoms with Crippen LogP contribution in [-0.4, -0.2) is 6.61 Å². The smallest absolute Gasteiger partial charge is 0.193 e. The zero-order chi connectivity index (χ0) is 13.9. The predicted molar refractivity (Wildman–Crippen MR) is 77.7 cm³/mol. The van der Waals surface area contributed by atoms with Crippen LogP contribution in [0.15, 0.2) is 34.7 Å². The van der Waals surface area contributed by atoms with Crippen LogP contribution >= 0.6 is 11.6 Å². The van der Waals surface area contributed by atoms with Crippen LogP contribution in [0, 0.1) is 0 Å². The summed E-state index contributed by atoms with van der Waals surface area (Å²) in [5.74, 6) is 7.37. The molecule has 4 nitrogen and oxygen atoms in total. The summed E-state index contributed by atoms with van der Waals surface area (Å²) in [6, 6.07) is 9.91. The third kappa shape index (κ3) is 2.82. The fourth-order valence-corrected chi connectivity index (χ4v) is 2.68. The maximum Gasteiger partial charge on any atom is 0.193 e. The number of halogens is 1. The molecule has 0 amide bonds. The van der Waals surface area contributed by atoms with Gasteiger partial charge in [-0.25, -0.2) is 5.43 Å². The van der Waals surface area contributed by atoms with Gasteiger partial charge in [-0.2, -0.15) is 0 Å². The highest BCUT2D eigenvalue weighted by atomic mass is 35.5. The lowest BCUT2D eigenvalue weighted by molar-refractivity contribution is 0.356. The molecule has 5 heteroatoms. The summed E-state index contributed by atoms with van der Waals surface area (Å²) in [6.45, 7) is 0.788. The van der Waals surface area contributed by atoms with Gasteiger partial charge in [-0.1, -0.05) is 12.1 Å². The Labute approximate surface area is 122 Å². The number of hydrogen-bond donors (Lipinski definition) is 2. The van der Waals surface area contributed by atoms with E-state index < -0.39 is 0 Å². The molecule has 0 saturated heterocycles. The molecule has 0 radical (unpaired) electrons. The average Bonchev–Trinajstić information content (AvgIpc) is 3.08. The van der Waals surface area contributed by atoms with E-state index >= 15 is 0 Å². The third-order valence-electron chi connectivity index (χ3n) is 3.61. The molecule has 1 unspecified atom stereocenters. The van der Waals surface area contributed by atoms with E-state index in [1.165, 1.54) is 11.1 Å². The SMILES string of the molecule is NNC(CCc1ccc2c(c1)CCO2)c1ccc(Cl)o1. The summed E-state index contributed by atoms with van der Waals surface area (Å²) < 4.78 is 10.9. The van der Waals surface area contributed by atoms with Crippen molar-refractivity contribution >= 4 is 11.6 Å². The van der Waals surface area contributed by atoms with Crippen molar-refractivity contribution < 1.29 is 9.15 Å².